The molecule has 0 radical (unpaired) electrons. The van der Waals surface area contributed by atoms with Gasteiger partial charge in [0, 0.05) is 47.7 Å². The van der Waals surface area contributed by atoms with Crippen LogP contribution in [0.3, 0.4) is 0 Å². The highest BCUT2D eigenvalue weighted by Gasteiger charge is 2.14. The Hall–Kier alpha value is -3.48. The van der Waals surface area contributed by atoms with Crippen LogP contribution in [-0.2, 0) is 11.3 Å². The summed E-state index contributed by atoms with van der Waals surface area (Å²) >= 11 is 0. The maximum absolute atomic E-state index is 5.46. The van der Waals surface area contributed by atoms with Crippen LogP contribution in [0.2, 0.25) is 0 Å². The molecule has 0 unspecified atom stereocenters. The van der Waals surface area contributed by atoms with Gasteiger partial charge in [0.05, 0.1) is 30.1 Å². The van der Waals surface area contributed by atoms with Crippen LogP contribution in [0.4, 0.5) is 0 Å². The van der Waals surface area contributed by atoms with Gasteiger partial charge < -0.3 is 9.72 Å². The first-order valence-corrected chi connectivity index (χ1v) is 10.7. The highest BCUT2D eigenvalue weighted by Crippen LogP contribution is 2.31. The molecule has 6 rings (SSSR count). The van der Waals surface area contributed by atoms with Gasteiger partial charge in [0.15, 0.2) is 0 Å². The van der Waals surface area contributed by atoms with Gasteiger partial charge in [-0.05, 0) is 48.0 Å². The van der Waals surface area contributed by atoms with E-state index >= 15 is 0 Å². The molecule has 1 fully saturated rings. The Balaban J connectivity index is 1.36. The number of aromatic amines is 2. The van der Waals surface area contributed by atoms with Crippen molar-refractivity contribution < 1.29 is 4.74 Å². The molecule has 1 aliphatic heterocycles. The number of hydrogen-bond donors (Lipinski definition) is 2. The summed E-state index contributed by atoms with van der Waals surface area (Å²) in [7, 11) is 0. The Labute approximate surface area is 179 Å². The lowest BCUT2D eigenvalue weighted by Crippen LogP contribution is -2.35. The number of morpholine rings is 1. The molecule has 0 bridgehead atoms. The summed E-state index contributed by atoms with van der Waals surface area (Å²) in [5.74, 6) is 0. The van der Waals surface area contributed by atoms with Crippen molar-refractivity contribution >= 4 is 21.8 Å². The summed E-state index contributed by atoms with van der Waals surface area (Å²) in [4.78, 5) is 10.5. The molecule has 2 aromatic carbocycles. The van der Waals surface area contributed by atoms with Gasteiger partial charge in [-0.25, -0.2) is 0 Å². The normalized spacial score (nSPS) is 15.1. The second kappa shape index (κ2) is 7.65. The van der Waals surface area contributed by atoms with E-state index in [0.29, 0.717) is 0 Å². The number of H-pyrrole nitrogens is 2. The van der Waals surface area contributed by atoms with Gasteiger partial charge in [-0.1, -0.05) is 18.2 Å². The lowest BCUT2D eigenvalue weighted by atomic mass is 10.1. The predicted molar refractivity (Wildman–Crippen MR) is 123 cm³/mol. The van der Waals surface area contributed by atoms with E-state index in [2.05, 4.69) is 67.5 Å². The average Bonchev–Trinajstić information content (AvgIpc) is 3.43. The van der Waals surface area contributed by atoms with Gasteiger partial charge in [-0.15, -0.1) is 0 Å². The van der Waals surface area contributed by atoms with E-state index in [1.54, 1.807) is 0 Å². The zero-order chi connectivity index (χ0) is 20.6. The molecule has 1 saturated heterocycles. The van der Waals surface area contributed by atoms with E-state index < -0.39 is 0 Å². The van der Waals surface area contributed by atoms with E-state index in [0.717, 1.165) is 71.9 Å². The third kappa shape index (κ3) is 3.50. The molecule has 0 aliphatic carbocycles. The zero-order valence-corrected chi connectivity index (χ0v) is 17.1. The summed E-state index contributed by atoms with van der Waals surface area (Å²) in [6.07, 6.45) is 1.82. The standard InChI is InChI=1S/C25H23N5O/c1-2-8-26-21(3-1)18-5-7-23-20(14-18)25(29-28-23)24-15-19-13-17(4-6-22(19)27-24)16-30-9-11-31-12-10-30/h1-8,13-15,27H,9-12,16H2,(H,28,29). The minimum Gasteiger partial charge on any atom is -0.379 e. The van der Waals surface area contributed by atoms with Crippen LogP contribution in [0, 0.1) is 0 Å². The first-order valence-electron chi connectivity index (χ1n) is 10.7. The van der Waals surface area contributed by atoms with Gasteiger partial charge in [-0.3, -0.25) is 15.0 Å². The molecule has 4 heterocycles. The monoisotopic (exact) mass is 409 g/mol. The summed E-state index contributed by atoms with van der Waals surface area (Å²) in [6, 6.07) is 21.1. The van der Waals surface area contributed by atoms with Gasteiger partial charge in [0.2, 0.25) is 0 Å². The van der Waals surface area contributed by atoms with Gasteiger partial charge in [-0.2, -0.15) is 5.10 Å². The number of pyridine rings is 1. The smallest absolute Gasteiger partial charge is 0.116 e. The molecule has 154 valence electrons. The molecule has 2 N–H and O–H groups in total. The fourth-order valence-electron chi connectivity index (χ4n) is 4.34. The molecule has 31 heavy (non-hydrogen) atoms. The van der Waals surface area contributed by atoms with Crippen molar-refractivity contribution in [3.8, 4) is 22.6 Å². The van der Waals surface area contributed by atoms with Crippen molar-refractivity contribution in [2.45, 2.75) is 6.54 Å². The second-order valence-electron chi connectivity index (χ2n) is 8.04. The summed E-state index contributed by atoms with van der Waals surface area (Å²) < 4.78 is 5.46. The average molecular weight is 409 g/mol. The number of fused-ring (bicyclic) bond motifs is 2. The van der Waals surface area contributed by atoms with Crippen LogP contribution in [0.1, 0.15) is 5.56 Å². The van der Waals surface area contributed by atoms with Crippen molar-refractivity contribution in [2.24, 2.45) is 0 Å². The highest BCUT2D eigenvalue weighted by atomic mass is 16.5. The van der Waals surface area contributed by atoms with Crippen molar-refractivity contribution in [1.29, 1.82) is 0 Å². The molecule has 0 amide bonds. The van der Waals surface area contributed by atoms with Crippen molar-refractivity contribution in [3.05, 3.63) is 72.4 Å². The van der Waals surface area contributed by atoms with E-state index in [4.69, 9.17) is 4.74 Å². The summed E-state index contributed by atoms with van der Waals surface area (Å²) in [5.41, 5.74) is 7.45. The maximum Gasteiger partial charge on any atom is 0.116 e. The SMILES string of the molecule is c1ccc(-c2ccc3[nH]nc(-c4cc5cc(CN6CCOCC6)ccc5[nH]4)c3c2)nc1. The van der Waals surface area contributed by atoms with Crippen molar-refractivity contribution in [2.75, 3.05) is 26.3 Å². The molecule has 3 aromatic heterocycles. The Morgan fingerprint density at radius 3 is 2.71 bits per heavy atom. The Morgan fingerprint density at radius 1 is 0.935 bits per heavy atom. The van der Waals surface area contributed by atoms with Crippen LogP contribution in [0.5, 0.6) is 0 Å². The molecule has 6 nitrogen and oxygen atoms in total. The van der Waals surface area contributed by atoms with E-state index in [-0.39, 0.29) is 0 Å². The number of benzene rings is 2. The largest absolute Gasteiger partial charge is 0.379 e. The molecular weight excluding hydrogens is 386 g/mol. The highest BCUT2D eigenvalue weighted by molar-refractivity contribution is 5.97. The number of aromatic nitrogens is 4. The molecule has 0 spiro atoms. The molecule has 5 aromatic rings. The number of rotatable bonds is 4. The fourth-order valence-corrected chi connectivity index (χ4v) is 4.34. The van der Waals surface area contributed by atoms with Gasteiger partial charge >= 0.3 is 0 Å². The van der Waals surface area contributed by atoms with Gasteiger partial charge in [0.1, 0.15) is 5.69 Å². The van der Waals surface area contributed by atoms with Crippen LogP contribution in [-0.4, -0.2) is 51.4 Å². The van der Waals surface area contributed by atoms with E-state index in [1.807, 2.05) is 24.4 Å². The second-order valence-corrected chi connectivity index (χ2v) is 8.04. The maximum atomic E-state index is 5.46. The van der Waals surface area contributed by atoms with Crippen LogP contribution < -0.4 is 0 Å². The van der Waals surface area contributed by atoms with Gasteiger partial charge in [0.25, 0.3) is 0 Å². The lowest BCUT2D eigenvalue weighted by Gasteiger charge is -2.26. The van der Waals surface area contributed by atoms with Crippen molar-refractivity contribution in [3.63, 3.8) is 0 Å². The van der Waals surface area contributed by atoms with Crippen LogP contribution in [0.15, 0.2) is 66.9 Å². The third-order valence-electron chi connectivity index (χ3n) is 5.97. The van der Waals surface area contributed by atoms with E-state index in [9.17, 15) is 0 Å². The summed E-state index contributed by atoms with van der Waals surface area (Å²) in [5, 5.41) is 10.1. The molecular formula is C25H23N5O. The molecule has 0 atom stereocenters. The van der Waals surface area contributed by atoms with Crippen LogP contribution >= 0.6 is 0 Å². The third-order valence-corrected chi connectivity index (χ3v) is 5.97. The summed E-state index contributed by atoms with van der Waals surface area (Å²) in [6.45, 7) is 4.59. The Morgan fingerprint density at radius 2 is 1.84 bits per heavy atom. The quantitative estimate of drug-likeness (QED) is 0.455. The Kier molecular flexibility index (Phi) is 4.52. The minimum atomic E-state index is 0.823. The number of ether oxygens (including phenoxy) is 1. The number of nitrogens with zero attached hydrogens (tertiary/aromatic N) is 3. The fraction of sp³-hybridized carbons (Fsp3) is 0.200. The lowest BCUT2D eigenvalue weighted by molar-refractivity contribution is 0.0342. The van der Waals surface area contributed by atoms with Crippen LogP contribution in [0.25, 0.3) is 44.5 Å². The van der Waals surface area contributed by atoms with E-state index in [1.165, 1.54) is 10.9 Å². The van der Waals surface area contributed by atoms with Crippen molar-refractivity contribution in [1.82, 2.24) is 25.1 Å². The topological polar surface area (TPSA) is 69.8 Å². The predicted octanol–water partition coefficient (Wildman–Crippen LogP) is 4.61. The number of hydrogen-bond acceptors (Lipinski definition) is 4. The first kappa shape index (κ1) is 18.3. The minimum absolute atomic E-state index is 0.823. The first-order chi connectivity index (χ1) is 15.3. The Bertz CT molecular complexity index is 1350. The molecule has 0 saturated carbocycles. The zero-order valence-electron chi connectivity index (χ0n) is 17.1. The molecule has 6 heteroatoms. The molecule has 1 aliphatic rings. The number of nitrogens with one attached hydrogen (secondary N) is 2.